The number of carbonyl (C=O) groups excluding carboxylic acids is 2. The molecule has 2 spiro atoms. The van der Waals surface area contributed by atoms with Crippen LogP contribution in [0, 0.1) is 5.41 Å². The molecule has 0 unspecified atom stereocenters. The van der Waals surface area contributed by atoms with E-state index >= 15 is 0 Å². The van der Waals surface area contributed by atoms with Crippen LogP contribution in [0.2, 0.25) is 5.15 Å². The molecule has 1 aromatic heterocycles. The second kappa shape index (κ2) is 7.39. The molecule has 160 valence electrons. The van der Waals surface area contributed by atoms with E-state index in [0.717, 1.165) is 56.3 Å². The Hall–Kier alpha value is -1.83. The van der Waals surface area contributed by atoms with E-state index in [9.17, 15) is 9.59 Å². The number of nitrogens with one attached hydrogen (secondary N) is 1. The molecule has 1 aromatic rings. The lowest BCUT2D eigenvalue weighted by molar-refractivity contribution is -0.129. The fourth-order valence-corrected chi connectivity index (χ4v) is 5.97. The zero-order valence-corrected chi connectivity index (χ0v) is 17.8. The smallest absolute Gasteiger partial charge is 0.228 e. The molecular formula is C22H27ClN4O3. The van der Waals surface area contributed by atoms with Gasteiger partial charge in [0, 0.05) is 43.0 Å². The summed E-state index contributed by atoms with van der Waals surface area (Å²) in [5.41, 5.74) is 8.18. The van der Waals surface area contributed by atoms with Crippen molar-refractivity contribution in [2.24, 2.45) is 11.1 Å². The molecule has 2 aliphatic heterocycles. The van der Waals surface area contributed by atoms with E-state index in [4.69, 9.17) is 27.1 Å². The van der Waals surface area contributed by atoms with Crippen molar-refractivity contribution in [1.29, 1.82) is 0 Å². The van der Waals surface area contributed by atoms with Gasteiger partial charge in [0.05, 0.1) is 23.1 Å². The molecule has 0 amide bonds. The summed E-state index contributed by atoms with van der Waals surface area (Å²) in [7, 11) is 0. The third-order valence-corrected chi connectivity index (χ3v) is 7.78. The van der Waals surface area contributed by atoms with Crippen LogP contribution < -0.4 is 11.1 Å². The molecule has 0 bridgehead atoms. The predicted octanol–water partition coefficient (Wildman–Crippen LogP) is 2.60. The van der Waals surface area contributed by atoms with Crippen molar-refractivity contribution in [3.05, 3.63) is 33.5 Å². The number of carbonyl (C=O) groups is 2. The molecule has 30 heavy (non-hydrogen) atoms. The maximum Gasteiger partial charge on any atom is 0.228 e. The highest BCUT2D eigenvalue weighted by molar-refractivity contribution is 6.30. The number of halogens is 1. The van der Waals surface area contributed by atoms with E-state index in [1.165, 1.54) is 0 Å². The second-order valence-corrected chi connectivity index (χ2v) is 9.50. The van der Waals surface area contributed by atoms with Gasteiger partial charge >= 0.3 is 0 Å². The van der Waals surface area contributed by atoms with Gasteiger partial charge in [0.2, 0.25) is 11.6 Å². The van der Waals surface area contributed by atoms with Gasteiger partial charge in [0.1, 0.15) is 10.9 Å². The lowest BCUT2D eigenvalue weighted by Gasteiger charge is -2.40. The topological polar surface area (TPSA) is 107 Å². The van der Waals surface area contributed by atoms with Crippen LogP contribution in [-0.4, -0.2) is 41.3 Å². The number of hydrogen-bond donors (Lipinski definition) is 2. The average molecular weight is 431 g/mol. The van der Waals surface area contributed by atoms with E-state index in [-0.39, 0.29) is 22.8 Å². The molecule has 3 N–H and O–H groups in total. The Labute approximate surface area is 180 Å². The summed E-state index contributed by atoms with van der Waals surface area (Å²) in [6.07, 6.45) is 6.01. The first-order chi connectivity index (χ1) is 14.5. The molecule has 1 saturated heterocycles. The van der Waals surface area contributed by atoms with Gasteiger partial charge in [-0.2, -0.15) is 0 Å². The monoisotopic (exact) mass is 430 g/mol. The third kappa shape index (κ3) is 2.93. The summed E-state index contributed by atoms with van der Waals surface area (Å²) in [6.45, 7) is 2.53. The van der Waals surface area contributed by atoms with E-state index < -0.39 is 5.41 Å². The highest BCUT2D eigenvalue weighted by Crippen LogP contribution is 2.47. The Morgan fingerprint density at radius 3 is 2.73 bits per heavy atom. The molecule has 1 saturated carbocycles. The Morgan fingerprint density at radius 2 is 1.97 bits per heavy atom. The standard InChI is InChI=1S/C22H27ClN4O3/c23-19-14-10-25-11-21(8-9-30-12-21)18(14)26-20(27-19)16(29)13-4-3-7-22(17(13)24)6-2-1-5-15(22)28/h25H,1-12,24H2/t21-,22+/m0/s1. The van der Waals surface area contributed by atoms with E-state index in [2.05, 4.69) is 10.3 Å². The van der Waals surface area contributed by atoms with Gasteiger partial charge < -0.3 is 15.8 Å². The maximum atomic E-state index is 13.5. The first kappa shape index (κ1) is 20.1. The lowest BCUT2D eigenvalue weighted by Crippen LogP contribution is -2.45. The molecule has 3 heterocycles. The molecule has 2 aliphatic carbocycles. The van der Waals surface area contributed by atoms with Crippen molar-refractivity contribution in [3.63, 3.8) is 0 Å². The number of nitrogens with two attached hydrogens (primary N) is 1. The van der Waals surface area contributed by atoms with Crippen LogP contribution in [0.25, 0.3) is 0 Å². The Balaban J connectivity index is 1.57. The number of hydrogen-bond acceptors (Lipinski definition) is 7. The molecule has 0 aromatic carbocycles. The fraction of sp³-hybridized carbons (Fsp3) is 0.636. The second-order valence-electron chi connectivity index (χ2n) is 9.14. The van der Waals surface area contributed by atoms with Crippen LogP contribution in [0.15, 0.2) is 11.3 Å². The Bertz CT molecular complexity index is 954. The molecule has 7 nitrogen and oxygen atoms in total. The van der Waals surface area contributed by atoms with Crippen molar-refractivity contribution in [2.75, 3.05) is 19.8 Å². The van der Waals surface area contributed by atoms with Crippen molar-refractivity contribution >= 4 is 23.2 Å². The van der Waals surface area contributed by atoms with Crippen LogP contribution >= 0.6 is 11.6 Å². The van der Waals surface area contributed by atoms with Gasteiger partial charge in [-0.25, -0.2) is 9.97 Å². The highest BCUT2D eigenvalue weighted by Gasteiger charge is 2.47. The normalized spacial score (nSPS) is 31.4. The summed E-state index contributed by atoms with van der Waals surface area (Å²) in [6, 6.07) is 0. The third-order valence-electron chi connectivity index (χ3n) is 7.47. The summed E-state index contributed by atoms with van der Waals surface area (Å²) in [4.78, 5) is 35.4. The summed E-state index contributed by atoms with van der Waals surface area (Å²) < 4.78 is 5.66. The van der Waals surface area contributed by atoms with Gasteiger partial charge in [0.25, 0.3) is 0 Å². The zero-order chi connectivity index (χ0) is 20.9. The van der Waals surface area contributed by atoms with Crippen LogP contribution in [0.3, 0.4) is 0 Å². The van der Waals surface area contributed by atoms with Crippen molar-refractivity contribution in [2.45, 2.75) is 63.3 Å². The molecular weight excluding hydrogens is 404 g/mol. The Morgan fingerprint density at radius 1 is 1.13 bits per heavy atom. The first-order valence-electron chi connectivity index (χ1n) is 10.9. The number of aromatic nitrogens is 2. The minimum absolute atomic E-state index is 0.0881. The maximum absolute atomic E-state index is 13.5. The molecule has 2 atom stereocenters. The average Bonchev–Trinajstić information content (AvgIpc) is 3.21. The van der Waals surface area contributed by atoms with Crippen molar-refractivity contribution in [1.82, 2.24) is 15.3 Å². The fourth-order valence-electron chi connectivity index (χ4n) is 5.73. The number of ether oxygens (including phenoxy) is 1. The number of allylic oxidation sites excluding steroid dienone is 2. The molecule has 8 heteroatoms. The number of nitrogens with zero attached hydrogens (tertiary/aromatic N) is 2. The van der Waals surface area contributed by atoms with Gasteiger partial charge in [-0.05, 0) is 38.5 Å². The number of Topliss-reactive ketones (excluding diaryl/α,β-unsaturated/α-hetero) is 2. The summed E-state index contributed by atoms with van der Waals surface area (Å²) >= 11 is 6.51. The number of rotatable bonds is 2. The van der Waals surface area contributed by atoms with Crippen molar-refractivity contribution < 1.29 is 14.3 Å². The molecule has 4 aliphatic rings. The van der Waals surface area contributed by atoms with Crippen LogP contribution in [0.1, 0.15) is 73.2 Å². The number of ketones is 2. The van der Waals surface area contributed by atoms with E-state index in [1.807, 2.05) is 0 Å². The zero-order valence-electron chi connectivity index (χ0n) is 17.1. The van der Waals surface area contributed by atoms with Gasteiger partial charge in [-0.3, -0.25) is 9.59 Å². The lowest BCUT2D eigenvalue weighted by atomic mass is 9.64. The SMILES string of the molecule is NC1=C(C(=O)c2nc(Cl)c3c(n2)[C@@]2(CCOC2)CNC3)CCC[C@@]12CCCCC2=O. The number of fused-ring (bicyclic) bond motifs is 2. The first-order valence-corrected chi connectivity index (χ1v) is 11.3. The van der Waals surface area contributed by atoms with Gasteiger partial charge in [-0.1, -0.05) is 18.0 Å². The van der Waals surface area contributed by atoms with Crippen LogP contribution in [0.4, 0.5) is 0 Å². The molecule has 2 fully saturated rings. The highest BCUT2D eigenvalue weighted by atomic mass is 35.5. The minimum Gasteiger partial charge on any atom is -0.401 e. The molecule has 5 rings (SSSR count). The predicted molar refractivity (Wildman–Crippen MR) is 111 cm³/mol. The Kier molecular flexibility index (Phi) is 4.95. The minimum atomic E-state index is -0.677. The van der Waals surface area contributed by atoms with Gasteiger partial charge in [0.15, 0.2) is 0 Å². The van der Waals surface area contributed by atoms with E-state index in [1.54, 1.807) is 0 Å². The van der Waals surface area contributed by atoms with Crippen LogP contribution in [0.5, 0.6) is 0 Å². The van der Waals surface area contributed by atoms with E-state index in [0.29, 0.717) is 49.0 Å². The van der Waals surface area contributed by atoms with Crippen molar-refractivity contribution in [3.8, 4) is 0 Å². The molecule has 0 radical (unpaired) electrons. The summed E-state index contributed by atoms with van der Waals surface area (Å²) in [5, 5.41) is 3.69. The van der Waals surface area contributed by atoms with Crippen LogP contribution in [-0.2, 0) is 21.5 Å². The largest absolute Gasteiger partial charge is 0.401 e. The summed E-state index contributed by atoms with van der Waals surface area (Å²) in [5.74, 6) is -0.0267. The quantitative estimate of drug-likeness (QED) is 0.548. The van der Waals surface area contributed by atoms with Gasteiger partial charge in [-0.15, -0.1) is 0 Å².